The number of carbonyl (C=O) groups excluding carboxylic acids is 1. The predicted molar refractivity (Wildman–Crippen MR) is 86.1 cm³/mol. The summed E-state index contributed by atoms with van der Waals surface area (Å²) in [5.74, 6) is 0. The van der Waals surface area contributed by atoms with E-state index in [1.807, 2.05) is 24.3 Å². The summed E-state index contributed by atoms with van der Waals surface area (Å²) in [4.78, 5) is 18.0. The first-order valence-electron chi connectivity index (χ1n) is 7.71. The number of nitrogens with one attached hydrogen (secondary N) is 1. The van der Waals surface area contributed by atoms with Gasteiger partial charge in [-0.2, -0.15) is 0 Å². The quantitative estimate of drug-likeness (QED) is 0.861. The van der Waals surface area contributed by atoms with Gasteiger partial charge < -0.3 is 5.32 Å². The van der Waals surface area contributed by atoms with Crippen molar-refractivity contribution in [2.24, 2.45) is 0 Å². The van der Waals surface area contributed by atoms with Crippen LogP contribution in [0.5, 0.6) is 0 Å². The minimum absolute atomic E-state index is 0.323. The molecular formula is C18H21N3O. The van der Waals surface area contributed by atoms with Crippen molar-refractivity contribution in [1.29, 1.82) is 0 Å². The Morgan fingerprint density at radius 2 is 1.82 bits per heavy atom. The minimum atomic E-state index is -0.323. The highest BCUT2D eigenvalue weighted by molar-refractivity contribution is 5.49. The van der Waals surface area contributed by atoms with Gasteiger partial charge in [-0.05, 0) is 30.5 Å². The fourth-order valence-corrected chi connectivity index (χ4v) is 3.17. The third-order valence-corrected chi connectivity index (χ3v) is 4.45. The van der Waals surface area contributed by atoms with Crippen molar-refractivity contribution >= 4 is 6.41 Å². The van der Waals surface area contributed by atoms with Gasteiger partial charge in [-0.15, -0.1) is 0 Å². The lowest BCUT2D eigenvalue weighted by atomic mass is 9.84. The van der Waals surface area contributed by atoms with Crippen molar-refractivity contribution in [2.45, 2.75) is 24.9 Å². The SMILES string of the molecule is O=CNC1(c2ccccn2)CCN(Cc2ccccc2)CC1. The number of benzene rings is 1. The third-order valence-electron chi connectivity index (χ3n) is 4.45. The van der Waals surface area contributed by atoms with Gasteiger partial charge in [0, 0.05) is 25.8 Å². The molecule has 0 atom stereocenters. The second-order valence-corrected chi connectivity index (χ2v) is 5.82. The van der Waals surface area contributed by atoms with Gasteiger partial charge >= 0.3 is 0 Å². The van der Waals surface area contributed by atoms with E-state index in [1.165, 1.54) is 5.56 Å². The molecule has 2 aromatic rings. The van der Waals surface area contributed by atoms with E-state index in [4.69, 9.17) is 0 Å². The topological polar surface area (TPSA) is 45.2 Å². The zero-order chi connectivity index (χ0) is 15.3. The third kappa shape index (κ3) is 3.17. The summed E-state index contributed by atoms with van der Waals surface area (Å²) in [6.45, 7) is 2.86. The van der Waals surface area contributed by atoms with Gasteiger partial charge in [-0.25, -0.2) is 0 Å². The van der Waals surface area contributed by atoms with Crippen molar-refractivity contribution in [2.75, 3.05) is 13.1 Å². The normalized spacial score (nSPS) is 17.8. The Kier molecular flexibility index (Phi) is 4.49. The Bertz CT molecular complexity index is 592. The van der Waals surface area contributed by atoms with Gasteiger partial charge in [0.1, 0.15) is 0 Å². The van der Waals surface area contributed by atoms with Crippen molar-refractivity contribution in [3.8, 4) is 0 Å². The Balaban J connectivity index is 1.69. The van der Waals surface area contributed by atoms with Gasteiger partial charge in [-0.3, -0.25) is 14.7 Å². The zero-order valence-electron chi connectivity index (χ0n) is 12.6. The average Bonchev–Trinajstić information content (AvgIpc) is 2.59. The molecule has 0 unspecified atom stereocenters. The highest BCUT2D eigenvalue weighted by Crippen LogP contribution is 2.31. The van der Waals surface area contributed by atoms with E-state index >= 15 is 0 Å². The highest BCUT2D eigenvalue weighted by Gasteiger charge is 2.36. The molecule has 1 saturated heterocycles. The molecular weight excluding hydrogens is 274 g/mol. The van der Waals surface area contributed by atoms with Crippen molar-refractivity contribution in [3.05, 3.63) is 66.0 Å². The maximum absolute atomic E-state index is 11.1. The van der Waals surface area contributed by atoms with Crippen LogP contribution in [0.4, 0.5) is 0 Å². The molecule has 0 spiro atoms. The van der Waals surface area contributed by atoms with Crippen molar-refractivity contribution < 1.29 is 4.79 Å². The number of amides is 1. The Labute approximate surface area is 131 Å². The van der Waals surface area contributed by atoms with Gasteiger partial charge in [-0.1, -0.05) is 36.4 Å². The molecule has 22 heavy (non-hydrogen) atoms. The maximum atomic E-state index is 11.1. The smallest absolute Gasteiger partial charge is 0.207 e. The predicted octanol–water partition coefficient (Wildman–Crippen LogP) is 2.32. The molecule has 0 aliphatic carbocycles. The summed E-state index contributed by atoms with van der Waals surface area (Å²) in [6, 6.07) is 16.4. The van der Waals surface area contributed by atoms with Crippen LogP contribution >= 0.6 is 0 Å². The van der Waals surface area contributed by atoms with Crippen LogP contribution in [0, 0.1) is 0 Å². The number of pyridine rings is 1. The number of hydrogen-bond donors (Lipinski definition) is 1. The lowest BCUT2D eigenvalue weighted by molar-refractivity contribution is -0.112. The Morgan fingerprint density at radius 1 is 1.09 bits per heavy atom. The standard InChI is InChI=1S/C18H21N3O/c22-15-20-18(17-8-4-5-11-19-17)9-12-21(13-10-18)14-16-6-2-1-3-7-16/h1-8,11,15H,9-10,12-14H2,(H,20,22). The van der Waals surface area contributed by atoms with Crippen LogP contribution in [0.25, 0.3) is 0 Å². The van der Waals surface area contributed by atoms with Gasteiger partial charge in [0.05, 0.1) is 11.2 Å². The van der Waals surface area contributed by atoms with E-state index < -0.39 is 0 Å². The molecule has 1 fully saturated rings. The van der Waals surface area contributed by atoms with Crippen LogP contribution in [0.3, 0.4) is 0 Å². The van der Waals surface area contributed by atoms with E-state index in [2.05, 4.69) is 39.5 Å². The lowest BCUT2D eigenvalue weighted by Gasteiger charge is -2.41. The lowest BCUT2D eigenvalue weighted by Crippen LogP contribution is -2.50. The number of carbonyl (C=O) groups is 1. The first-order valence-corrected chi connectivity index (χ1v) is 7.71. The molecule has 114 valence electrons. The number of aromatic nitrogens is 1. The summed E-state index contributed by atoms with van der Waals surface area (Å²) in [5.41, 5.74) is 1.97. The number of rotatable bonds is 5. The summed E-state index contributed by atoms with van der Waals surface area (Å²) >= 11 is 0. The Morgan fingerprint density at radius 3 is 2.45 bits per heavy atom. The molecule has 1 amide bonds. The number of nitrogens with zero attached hydrogens (tertiary/aromatic N) is 2. The second kappa shape index (κ2) is 6.71. The van der Waals surface area contributed by atoms with Crippen molar-refractivity contribution in [3.63, 3.8) is 0 Å². The van der Waals surface area contributed by atoms with E-state index in [0.717, 1.165) is 44.6 Å². The van der Waals surface area contributed by atoms with E-state index in [1.54, 1.807) is 6.20 Å². The monoisotopic (exact) mass is 295 g/mol. The molecule has 1 aliphatic rings. The summed E-state index contributed by atoms with van der Waals surface area (Å²) < 4.78 is 0. The van der Waals surface area contributed by atoms with Crippen LogP contribution in [0.2, 0.25) is 0 Å². The molecule has 2 heterocycles. The fraction of sp³-hybridized carbons (Fsp3) is 0.333. The maximum Gasteiger partial charge on any atom is 0.207 e. The average molecular weight is 295 g/mol. The molecule has 1 aromatic heterocycles. The Hall–Kier alpha value is -2.20. The first-order chi connectivity index (χ1) is 10.8. The summed E-state index contributed by atoms with van der Waals surface area (Å²) in [5, 5.41) is 3.03. The zero-order valence-corrected chi connectivity index (χ0v) is 12.6. The van der Waals surface area contributed by atoms with Crippen molar-refractivity contribution in [1.82, 2.24) is 15.2 Å². The minimum Gasteiger partial charge on any atom is -0.347 e. The van der Waals surface area contributed by atoms with Crippen LogP contribution in [-0.2, 0) is 16.9 Å². The van der Waals surface area contributed by atoms with Crippen LogP contribution in [0.15, 0.2) is 54.7 Å². The van der Waals surface area contributed by atoms with Gasteiger partial charge in [0.2, 0.25) is 6.41 Å². The number of piperidine rings is 1. The van der Waals surface area contributed by atoms with Crippen LogP contribution in [0.1, 0.15) is 24.1 Å². The largest absolute Gasteiger partial charge is 0.347 e. The molecule has 1 aliphatic heterocycles. The van der Waals surface area contributed by atoms with Crippen LogP contribution in [-0.4, -0.2) is 29.4 Å². The summed E-state index contributed by atoms with van der Waals surface area (Å²) in [7, 11) is 0. The molecule has 1 N–H and O–H groups in total. The first kappa shape index (κ1) is 14.7. The number of likely N-dealkylation sites (tertiary alicyclic amines) is 1. The van der Waals surface area contributed by atoms with E-state index in [-0.39, 0.29) is 5.54 Å². The molecule has 1 aromatic carbocycles. The highest BCUT2D eigenvalue weighted by atomic mass is 16.1. The molecule has 3 rings (SSSR count). The van der Waals surface area contributed by atoms with E-state index in [9.17, 15) is 4.79 Å². The van der Waals surface area contributed by atoms with Gasteiger partial charge in [0.25, 0.3) is 0 Å². The molecule has 0 radical (unpaired) electrons. The molecule has 4 nitrogen and oxygen atoms in total. The fourth-order valence-electron chi connectivity index (χ4n) is 3.17. The van der Waals surface area contributed by atoms with Crippen LogP contribution < -0.4 is 5.32 Å². The van der Waals surface area contributed by atoms with E-state index in [0.29, 0.717) is 0 Å². The van der Waals surface area contributed by atoms with Gasteiger partial charge in [0.15, 0.2) is 0 Å². The molecule has 0 saturated carbocycles. The number of hydrogen-bond acceptors (Lipinski definition) is 3. The molecule has 0 bridgehead atoms. The second-order valence-electron chi connectivity index (χ2n) is 5.82. The molecule has 4 heteroatoms. The summed E-state index contributed by atoms with van der Waals surface area (Å²) in [6.07, 6.45) is 4.37.